The number of carbonyl (C=O) groups is 5. The Kier molecular flexibility index (Phi) is 9.79. The largest absolute Gasteiger partial charge is 0.477 e. The van der Waals surface area contributed by atoms with Crippen molar-refractivity contribution in [3.05, 3.63) is 83.1 Å². The van der Waals surface area contributed by atoms with E-state index in [4.69, 9.17) is 4.74 Å². The van der Waals surface area contributed by atoms with Gasteiger partial charge in [0.2, 0.25) is 11.8 Å². The molecule has 41 heavy (non-hydrogen) atoms. The van der Waals surface area contributed by atoms with Crippen molar-refractivity contribution in [1.82, 2.24) is 15.5 Å². The number of benzene rings is 2. The number of thioether (sulfide) groups is 1. The molecule has 2 aliphatic heterocycles. The van der Waals surface area contributed by atoms with Crippen molar-refractivity contribution in [2.24, 2.45) is 0 Å². The molecular weight excluding hydrogens is 550 g/mol. The summed E-state index contributed by atoms with van der Waals surface area (Å²) < 4.78 is 5.88. The molecule has 3 amide bonds. The van der Waals surface area contributed by atoms with Crippen molar-refractivity contribution in [1.29, 1.82) is 0 Å². The van der Waals surface area contributed by atoms with Gasteiger partial charge in [0.1, 0.15) is 23.2 Å². The van der Waals surface area contributed by atoms with E-state index in [9.17, 15) is 34.2 Å². The number of ether oxygens (including phenoxy) is 1. The van der Waals surface area contributed by atoms with Crippen LogP contribution in [0.1, 0.15) is 43.4 Å². The Morgan fingerprint density at radius 1 is 1.05 bits per heavy atom. The van der Waals surface area contributed by atoms with Gasteiger partial charge in [0.05, 0.1) is 6.61 Å². The van der Waals surface area contributed by atoms with Crippen molar-refractivity contribution in [2.45, 2.75) is 49.7 Å². The molecule has 3 atom stereocenters. The minimum Gasteiger partial charge on any atom is -0.477 e. The quantitative estimate of drug-likeness (QED) is 0.216. The first-order chi connectivity index (χ1) is 19.7. The second-order valence-electron chi connectivity index (χ2n) is 9.65. The first-order valence-corrected chi connectivity index (χ1v) is 14.1. The molecule has 0 aliphatic carbocycles. The number of β-lactam (4-membered cyclic amide) rings is 1. The zero-order valence-electron chi connectivity index (χ0n) is 22.3. The molecule has 0 bridgehead atoms. The number of nitrogens with zero attached hydrogens (tertiary/aromatic N) is 1. The standard InChI is InChI=1S/C29H31N3O8S/c1-17(34)30-21(29(39)40-25(18-9-4-2-5-10-18)19-11-6-3-7-12-19)13-8-14-22(35)31-23-26(36)32-24(28(37)38)20(15-33)16-41-27(23)32/h2-7,9-12,21,23,25,27,33H,8,13-16H2,1H3,(H,30,34)(H,31,35)(H,37,38)/t21?,23?,27-/m0/s1. The fraction of sp³-hybridized carbons (Fsp3) is 0.345. The lowest BCUT2D eigenvalue weighted by Gasteiger charge is -2.49. The summed E-state index contributed by atoms with van der Waals surface area (Å²) in [5, 5.41) is 23.6. The topological polar surface area (TPSA) is 162 Å². The number of hydrogen-bond donors (Lipinski definition) is 4. The predicted octanol–water partition coefficient (Wildman–Crippen LogP) is 1.73. The number of aliphatic hydroxyl groups excluding tert-OH is 1. The number of fused-ring (bicyclic) bond motifs is 1. The van der Waals surface area contributed by atoms with Crippen LogP contribution in [0.3, 0.4) is 0 Å². The maximum absolute atomic E-state index is 13.2. The van der Waals surface area contributed by atoms with Crippen LogP contribution in [0, 0.1) is 0 Å². The molecule has 0 spiro atoms. The van der Waals surface area contributed by atoms with Crippen LogP contribution in [0.4, 0.5) is 0 Å². The molecule has 2 aromatic carbocycles. The normalized spacial score (nSPS) is 18.7. The predicted molar refractivity (Wildman–Crippen MR) is 149 cm³/mol. The highest BCUT2D eigenvalue weighted by Gasteiger charge is 2.54. The van der Waals surface area contributed by atoms with Gasteiger partial charge < -0.3 is 25.6 Å². The lowest BCUT2D eigenvalue weighted by molar-refractivity contribution is -0.152. The third kappa shape index (κ3) is 6.95. The maximum Gasteiger partial charge on any atom is 0.352 e. The molecule has 12 heteroatoms. The van der Waals surface area contributed by atoms with Gasteiger partial charge in [-0.3, -0.25) is 19.3 Å². The van der Waals surface area contributed by atoms with E-state index in [-0.39, 0.29) is 36.3 Å². The van der Waals surface area contributed by atoms with Crippen molar-refractivity contribution in [3.8, 4) is 0 Å². The van der Waals surface area contributed by atoms with Gasteiger partial charge in [-0.05, 0) is 29.5 Å². The second kappa shape index (κ2) is 13.5. The number of hydrogen-bond acceptors (Lipinski definition) is 8. The SMILES string of the molecule is CC(=O)NC(CCCC(=O)NC1C(=O)N2C(C(=O)O)=C(CO)CS[C@@H]12)C(=O)OC(c1ccccc1)c1ccccc1. The van der Waals surface area contributed by atoms with Crippen LogP contribution < -0.4 is 10.6 Å². The summed E-state index contributed by atoms with van der Waals surface area (Å²) >= 11 is 1.26. The number of aliphatic hydroxyl groups is 1. The van der Waals surface area contributed by atoms with Gasteiger partial charge in [-0.1, -0.05) is 60.7 Å². The second-order valence-corrected chi connectivity index (χ2v) is 10.8. The summed E-state index contributed by atoms with van der Waals surface area (Å²) in [4.78, 5) is 63.1. The van der Waals surface area contributed by atoms with E-state index in [2.05, 4.69) is 10.6 Å². The monoisotopic (exact) mass is 581 g/mol. The van der Waals surface area contributed by atoms with Gasteiger partial charge in [-0.2, -0.15) is 0 Å². The Balaban J connectivity index is 1.35. The maximum atomic E-state index is 13.2. The Labute approximate surface area is 240 Å². The zero-order chi connectivity index (χ0) is 29.5. The number of carboxylic acid groups (broad SMARTS) is 1. The third-order valence-electron chi connectivity index (χ3n) is 6.75. The molecule has 0 saturated carbocycles. The lowest BCUT2D eigenvalue weighted by atomic mass is 10.0. The van der Waals surface area contributed by atoms with Gasteiger partial charge in [-0.15, -0.1) is 11.8 Å². The minimum absolute atomic E-state index is 0.0329. The van der Waals surface area contributed by atoms with Gasteiger partial charge >= 0.3 is 11.9 Å². The number of carboxylic acids is 1. The molecule has 2 unspecified atom stereocenters. The lowest BCUT2D eigenvalue weighted by Crippen LogP contribution is -2.70. The molecule has 2 aliphatic rings. The summed E-state index contributed by atoms with van der Waals surface area (Å²) in [7, 11) is 0. The number of esters is 1. The van der Waals surface area contributed by atoms with Gasteiger partial charge in [0.15, 0.2) is 6.10 Å². The van der Waals surface area contributed by atoms with E-state index in [1.165, 1.54) is 18.7 Å². The van der Waals surface area contributed by atoms with Crippen LogP contribution in [0.5, 0.6) is 0 Å². The third-order valence-corrected chi connectivity index (χ3v) is 8.09. The Morgan fingerprint density at radius 3 is 2.20 bits per heavy atom. The summed E-state index contributed by atoms with van der Waals surface area (Å²) in [5.41, 5.74) is 1.53. The van der Waals surface area contributed by atoms with Crippen molar-refractivity contribution in [2.75, 3.05) is 12.4 Å². The van der Waals surface area contributed by atoms with Crippen LogP contribution in [0.15, 0.2) is 71.9 Å². The molecule has 216 valence electrons. The number of aliphatic carboxylic acids is 1. The van der Waals surface area contributed by atoms with Gasteiger partial charge in [0.25, 0.3) is 5.91 Å². The summed E-state index contributed by atoms with van der Waals surface area (Å²) in [6.07, 6.45) is -0.392. The highest BCUT2D eigenvalue weighted by atomic mass is 32.2. The van der Waals surface area contributed by atoms with Crippen molar-refractivity contribution >= 4 is 41.4 Å². The average Bonchev–Trinajstić information content (AvgIpc) is 2.97. The first kappa shape index (κ1) is 29.8. The van der Waals surface area contributed by atoms with Crippen molar-refractivity contribution < 1.29 is 38.9 Å². The molecule has 1 fully saturated rings. The molecule has 4 rings (SSSR count). The molecule has 11 nitrogen and oxygen atoms in total. The number of carbonyl (C=O) groups excluding carboxylic acids is 4. The fourth-order valence-corrected chi connectivity index (χ4v) is 6.13. The molecule has 4 N–H and O–H groups in total. The van der Waals surface area contributed by atoms with E-state index in [1.54, 1.807) is 0 Å². The van der Waals surface area contributed by atoms with E-state index >= 15 is 0 Å². The molecule has 2 heterocycles. The van der Waals surface area contributed by atoms with Crippen LogP contribution in [0.25, 0.3) is 0 Å². The van der Waals surface area contributed by atoms with Gasteiger partial charge in [-0.25, -0.2) is 9.59 Å². The Morgan fingerprint density at radius 2 is 1.66 bits per heavy atom. The smallest absolute Gasteiger partial charge is 0.352 e. The van der Waals surface area contributed by atoms with E-state index in [0.717, 1.165) is 16.0 Å². The van der Waals surface area contributed by atoms with Gasteiger partial charge in [0, 0.05) is 19.1 Å². The molecular formula is C29H31N3O8S. The molecule has 0 aromatic heterocycles. The van der Waals surface area contributed by atoms with E-state index in [1.807, 2.05) is 60.7 Å². The fourth-order valence-electron chi connectivity index (χ4n) is 4.79. The molecule has 1 saturated heterocycles. The summed E-state index contributed by atoms with van der Waals surface area (Å²) in [6, 6.07) is 16.5. The molecule has 0 radical (unpaired) electrons. The summed E-state index contributed by atoms with van der Waals surface area (Å²) in [6.45, 7) is 0.814. The number of amides is 3. The summed E-state index contributed by atoms with van der Waals surface area (Å²) in [5.74, 6) is -3.16. The minimum atomic E-state index is -1.31. The van der Waals surface area contributed by atoms with Crippen LogP contribution in [-0.2, 0) is 28.7 Å². The Bertz CT molecular complexity index is 1290. The average molecular weight is 582 g/mol. The highest BCUT2D eigenvalue weighted by molar-refractivity contribution is 8.00. The van der Waals surface area contributed by atoms with E-state index in [0.29, 0.717) is 0 Å². The van der Waals surface area contributed by atoms with Crippen molar-refractivity contribution in [3.63, 3.8) is 0 Å². The first-order valence-electron chi connectivity index (χ1n) is 13.1. The highest BCUT2D eigenvalue weighted by Crippen LogP contribution is 2.40. The number of nitrogens with one attached hydrogen (secondary N) is 2. The Hall–Kier alpha value is -4.16. The number of rotatable bonds is 12. The van der Waals surface area contributed by atoms with E-state index < -0.39 is 59.8 Å². The van der Waals surface area contributed by atoms with Crippen LogP contribution in [0.2, 0.25) is 0 Å². The molecule has 2 aromatic rings. The van der Waals surface area contributed by atoms with Crippen LogP contribution >= 0.6 is 11.8 Å². The van der Waals surface area contributed by atoms with Crippen LogP contribution in [-0.4, -0.2) is 74.6 Å². The zero-order valence-corrected chi connectivity index (χ0v) is 23.1.